The summed E-state index contributed by atoms with van der Waals surface area (Å²) in [5.74, 6) is 0.0901. The molecule has 90 valence electrons. The molecule has 16 heavy (non-hydrogen) atoms. The second kappa shape index (κ2) is 6.60. The third-order valence-corrected chi connectivity index (χ3v) is 2.59. The minimum atomic E-state index is -0.371. The number of carbonyl (C=O) groups excluding carboxylic acids is 1. The predicted molar refractivity (Wildman–Crippen MR) is 62.6 cm³/mol. The molecule has 0 fully saturated rings. The molecule has 1 rings (SSSR count). The molecule has 0 saturated carbocycles. The molecule has 1 atom stereocenters. The van der Waals surface area contributed by atoms with Crippen molar-refractivity contribution in [2.45, 2.75) is 26.4 Å². The molecular formula is C11H17NO3S. The number of aromatic nitrogens is 1. The Balaban J connectivity index is 2.51. The third-order valence-electron chi connectivity index (χ3n) is 2.00. The molecule has 0 saturated heterocycles. The zero-order valence-corrected chi connectivity index (χ0v) is 10.6. The summed E-state index contributed by atoms with van der Waals surface area (Å²) in [5.41, 5.74) is 1.99. The molecule has 0 bridgehead atoms. The summed E-state index contributed by atoms with van der Waals surface area (Å²) in [4.78, 5) is 15.6. The number of hydrogen-bond donors (Lipinski definition) is 0. The van der Waals surface area contributed by atoms with E-state index in [0.29, 0.717) is 18.2 Å². The van der Waals surface area contributed by atoms with Crippen molar-refractivity contribution in [1.29, 1.82) is 0 Å². The monoisotopic (exact) mass is 243 g/mol. The second-order valence-corrected chi connectivity index (χ2v) is 4.70. The van der Waals surface area contributed by atoms with Gasteiger partial charge in [-0.2, -0.15) is 0 Å². The van der Waals surface area contributed by atoms with Gasteiger partial charge in [0.05, 0.1) is 12.1 Å². The highest BCUT2D eigenvalue weighted by Gasteiger charge is 2.18. The summed E-state index contributed by atoms with van der Waals surface area (Å²) >= 11 is 1.38. The fraction of sp³-hybridized carbons (Fsp3) is 0.636. The Bertz CT molecular complexity index is 311. The molecule has 0 aliphatic heterocycles. The quantitative estimate of drug-likeness (QED) is 0.720. The van der Waals surface area contributed by atoms with E-state index in [2.05, 4.69) is 18.8 Å². The molecule has 1 aromatic heterocycles. The molecule has 0 aliphatic rings. The van der Waals surface area contributed by atoms with Crippen molar-refractivity contribution in [2.75, 3.05) is 13.7 Å². The van der Waals surface area contributed by atoms with E-state index in [-0.39, 0.29) is 12.1 Å². The Hall–Kier alpha value is -0.940. The number of methoxy groups -OCH3 is 1. The van der Waals surface area contributed by atoms with Crippen LogP contribution in [0, 0.1) is 5.92 Å². The van der Waals surface area contributed by atoms with Gasteiger partial charge in [-0.3, -0.25) is 0 Å². The van der Waals surface area contributed by atoms with E-state index in [0.717, 1.165) is 6.42 Å². The number of thiazole rings is 1. The van der Waals surface area contributed by atoms with E-state index in [9.17, 15) is 4.79 Å². The predicted octanol–water partition coefficient (Wildman–Crippen LogP) is 2.36. The maximum atomic E-state index is 11.6. The molecule has 0 unspecified atom stereocenters. The largest absolute Gasteiger partial charge is 0.455 e. The lowest BCUT2D eigenvalue weighted by Gasteiger charge is -2.18. The number of rotatable bonds is 6. The van der Waals surface area contributed by atoms with Gasteiger partial charge in [0.25, 0.3) is 0 Å². The fourth-order valence-corrected chi connectivity index (χ4v) is 1.91. The molecule has 0 radical (unpaired) electrons. The first-order valence-corrected chi connectivity index (χ1v) is 6.16. The molecule has 0 aliphatic carbocycles. The van der Waals surface area contributed by atoms with Gasteiger partial charge in [0.15, 0.2) is 5.69 Å². The summed E-state index contributed by atoms with van der Waals surface area (Å²) in [6, 6.07) is 0. The molecule has 0 amide bonds. The Morgan fingerprint density at radius 3 is 2.81 bits per heavy atom. The first-order valence-electron chi connectivity index (χ1n) is 5.21. The van der Waals surface area contributed by atoms with E-state index < -0.39 is 0 Å². The van der Waals surface area contributed by atoms with Crippen LogP contribution in [0.15, 0.2) is 10.9 Å². The Kier molecular flexibility index (Phi) is 5.42. The fourth-order valence-electron chi connectivity index (χ4n) is 1.39. The average Bonchev–Trinajstić information content (AvgIpc) is 2.69. The van der Waals surface area contributed by atoms with Gasteiger partial charge < -0.3 is 9.47 Å². The van der Waals surface area contributed by atoms with Crippen LogP contribution in [0.5, 0.6) is 0 Å². The van der Waals surface area contributed by atoms with Crippen molar-refractivity contribution in [2.24, 2.45) is 5.92 Å². The lowest BCUT2D eigenvalue weighted by atomic mass is 10.1. The third kappa shape index (κ3) is 4.28. The number of carbonyl (C=O) groups is 1. The van der Waals surface area contributed by atoms with Gasteiger partial charge in [0.1, 0.15) is 6.10 Å². The van der Waals surface area contributed by atoms with Crippen LogP contribution in [-0.4, -0.2) is 30.8 Å². The second-order valence-electron chi connectivity index (χ2n) is 3.99. The Labute approximate surface area is 99.6 Å². The molecule has 5 heteroatoms. The molecule has 0 N–H and O–H groups in total. The maximum Gasteiger partial charge on any atom is 0.358 e. The standard InChI is InChI=1S/C11H17NO3S/c1-8(2)4-9(5-14-3)15-11(13)10-6-16-7-12-10/h6-9H,4-5H2,1-3H3/t9-/m1/s1. The molecular weight excluding hydrogens is 226 g/mol. The number of hydrogen-bond acceptors (Lipinski definition) is 5. The van der Waals surface area contributed by atoms with Gasteiger partial charge in [-0.15, -0.1) is 11.3 Å². The highest BCUT2D eigenvalue weighted by molar-refractivity contribution is 7.07. The zero-order valence-electron chi connectivity index (χ0n) is 9.80. The molecule has 1 heterocycles. The van der Waals surface area contributed by atoms with Crippen molar-refractivity contribution >= 4 is 17.3 Å². The van der Waals surface area contributed by atoms with Gasteiger partial charge in [-0.1, -0.05) is 13.8 Å². The van der Waals surface area contributed by atoms with Gasteiger partial charge in [-0.25, -0.2) is 9.78 Å². The molecule has 4 nitrogen and oxygen atoms in total. The number of nitrogens with zero attached hydrogens (tertiary/aromatic N) is 1. The lowest BCUT2D eigenvalue weighted by Crippen LogP contribution is -2.25. The van der Waals surface area contributed by atoms with Gasteiger partial charge in [-0.05, 0) is 12.3 Å². The molecule has 1 aromatic rings. The summed E-state index contributed by atoms with van der Waals surface area (Å²) in [6.07, 6.45) is 0.600. The average molecular weight is 243 g/mol. The van der Waals surface area contributed by atoms with E-state index in [1.54, 1.807) is 18.0 Å². The van der Waals surface area contributed by atoms with Crippen LogP contribution in [0.25, 0.3) is 0 Å². The van der Waals surface area contributed by atoms with Crippen LogP contribution in [0.3, 0.4) is 0 Å². The van der Waals surface area contributed by atoms with Crippen molar-refractivity contribution in [3.63, 3.8) is 0 Å². The normalized spacial score (nSPS) is 12.8. The number of esters is 1. The topological polar surface area (TPSA) is 48.4 Å². The van der Waals surface area contributed by atoms with Crippen LogP contribution in [0.4, 0.5) is 0 Å². The summed E-state index contributed by atoms with van der Waals surface area (Å²) in [7, 11) is 1.60. The minimum Gasteiger partial charge on any atom is -0.455 e. The highest BCUT2D eigenvalue weighted by Crippen LogP contribution is 2.12. The summed E-state index contributed by atoms with van der Waals surface area (Å²) < 4.78 is 10.4. The van der Waals surface area contributed by atoms with Gasteiger partial charge in [0.2, 0.25) is 0 Å². The lowest BCUT2D eigenvalue weighted by molar-refractivity contribution is -0.00114. The minimum absolute atomic E-state index is 0.195. The number of ether oxygens (including phenoxy) is 2. The zero-order chi connectivity index (χ0) is 12.0. The Morgan fingerprint density at radius 2 is 2.31 bits per heavy atom. The first-order chi connectivity index (χ1) is 7.63. The van der Waals surface area contributed by atoms with E-state index in [1.165, 1.54) is 11.3 Å². The molecule has 0 aromatic carbocycles. The van der Waals surface area contributed by atoms with Crippen LogP contribution >= 0.6 is 11.3 Å². The van der Waals surface area contributed by atoms with E-state index in [1.807, 2.05) is 0 Å². The smallest absolute Gasteiger partial charge is 0.358 e. The maximum absolute atomic E-state index is 11.6. The summed E-state index contributed by atoms with van der Waals surface area (Å²) in [6.45, 7) is 4.59. The van der Waals surface area contributed by atoms with Gasteiger partial charge >= 0.3 is 5.97 Å². The van der Waals surface area contributed by atoms with Crippen molar-refractivity contribution in [3.05, 3.63) is 16.6 Å². The van der Waals surface area contributed by atoms with Crippen LogP contribution in [0.1, 0.15) is 30.8 Å². The van der Waals surface area contributed by atoms with Crippen LogP contribution in [-0.2, 0) is 9.47 Å². The highest BCUT2D eigenvalue weighted by atomic mass is 32.1. The van der Waals surface area contributed by atoms with Gasteiger partial charge in [0, 0.05) is 12.5 Å². The van der Waals surface area contributed by atoms with Crippen molar-refractivity contribution < 1.29 is 14.3 Å². The van der Waals surface area contributed by atoms with E-state index in [4.69, 9.17) is 9.47 Å². The van der Waals surface area contributed by atoms with E-state index >= 15 is 0 Å². The van der Waals surface area contributed by atoms with Crippen LogP contribution in [0.2, 0.25) is 0 Å². The summed E-state index contributed by atoms with van der Waals surface area (Å²) in [5, 5.41) is 1.68. The van der Waals surface area contributed by atoms with Crippen molar-refractivity contribution in [3.8, 4) is 0 Å². The van der Waals surface area contributed by atoms with Crippen LogP contribution < -0.4 is 0 Å². The molecule has 0 spiro atoms. The van der Waals surface area contributed by atoms with Crippen molar-refractivity contribution in [1.82, 2.24) is 4.98 Å². The SMILES string of the molecule is COC[C@@H](CC(C)C)OC(=O)c1cscn1. The Morgan fingerprint density at radius 1 is 1.56 bits per heavy atom. The first kappa shape index (κ1) is 13.1.